The summed E-state index contributed by atoms with van der Waals surface area (Å²) >= 11 is 0. The van der Waals surface area contributed by atoms with Crippen LogP contribution < -0.4 is 4.74 Å². The van der Waals surface area contributed by atoms with Gasteiger partial charge in [-0.05, 0) is 58.7 Å². The van der Waals surface area contributed by atoms with E-state index in [1.165, 1.54) is 18.2 Å². The van der Waals surface area contributed by atoms with Crippen molar-refractivity contribution in [3.05, 3.63) is 139 Å². The lowest BCUT2D eigenvalue weighted by molar-refractivity contribution is -0.138. The van der Waals surface area contributed by atoms with E-state index in [4.69, 9.17) is 4.74 Å². The van der Waals surface area contributed by atoms with Gasteiger partial charge in [0.05, 0.1) is 10.5 Å². The molecule has 224 valence electrons. The third-order valence-electron chi connectivity index (χ3n) is 6.80. The molecule has 0 aromatic heterocycles. The molecule has 5 aromatic carbocycles. The zero-order chi connectivity index (χ0) is 31.3. The van der Waals surface area contributed by atoms with Gasteiger partial charge in [-0.3, -0.25) is 4.79 Å². The zero-order valence-corrected chi connectivity index (χ0v) is 23.9. The summed E-state index contributed by atoms with van der Waals surface area (Å²) in [6.45, 7) is -1.46. The Hall–Kier alpha value is -4.93. The quantitative estimate of drug-likeness (QED) is 0.171. The number of benzene rings is 5. The summed E-state index contributed by atoms with van der Waals surface area (Å²) in [4.78, 5) is 11.3. The van der Waals surface area contributed by atoms with E-state index in [0.717, 1.165) is 34.9 Å². The molecule has 0 aliphatic carbocycles. The summed E-state index contributed by atoms with van der Waals surface area (Å²) in [5.41, 5.74) is 2.39. The molecular weight excluding hydrogens is 591 g/mol. The Kier molecular flexibility index (Phi) is 8.84. The molecular formula is C34H26F3NO5S. The van der Waals surface area contributed by atoms with E-state index < -0.39 is 40.8 Å². The Morgan fingerprint density at radius 2 is 1.32 bits per heavy atom. The van der Waals surface area contributed by atoms with Gasteiger partial charge >= 0.3 is 12.1 Å². The van der Waals surface area contributed by atoms with E-state index in [2.05, 4.69) is 0 Å². The molecule has 0 aliphatic rings. The summed E-state index contributed by atoms with van der Waals surface area (Å²) in [5, 5.41) is 9.35. The number of carboxylic acid groups (broad SMARTS) is 1. The van der Waals surface area contributed by atoms with Gasteiger partial charge in [0, 0.05) is 12.1 Å². The molecule has 0 unspecified atom stereocenters. The van der Waals surface area contributed by atoms with Crippen molar-refractivity contribution in [2.75, 3.05) is 6.54 Å². The summed E-state index contributed by atoms with van der Waals surface area (Å²) < 4.78 is 73.0. The van der Waals surface area contributed by atoms with E-state index in [9.17, 15) is 31.5 Å². The number of carboxylic acids is 1. The molecule has 1 N–H and O–H groups in total. The van der Waals surface area contributed by atoms with Gasteiger partial charge in [0.2, 0.25) is 10.0 Å². The van der Waals surface area contributed by atoms with Gasteiger partial charge in [0.1, 0.15) is 18.0 Å². The number of halogens is 3. The average Bonchev–Trinajstić information content (AvgIpc) is 3.01. The van der Waals surface area contributed by atoms with Crippen molar-refractivity contribution >= 4 is 16.0 Å². The topological polar surface area (TPSA) is 83.9 Å². The van der Waals surface area contributed by atoms with E-state index in [0.29, 0.717) is 21.4 Å². The molecule has 44 heavy (non-hydrogen) atoms. The molecule has 0 spiro atoms. The number of carbonyl (C=O) groups is 1. The van der Waals surface area contributed by atoms with Crippen LogP contribution in [0.15, 0.2) is 132 Å². The molecule has 5 aromatic rings. The van der Waals surface area contributed by atoms with Gasteiger partial charge in [-0.15, -0.1) is 0 Å². The number of para-hydroxylation sites is 2. The monoisotopic (exact) mass is 617 g/mol. The summed E-state index contributed by atoms with van der Waals surface area (Å²) in [6, 6.07) is 34.8. The Morgan fingerprint density at radius 3 is 1.95 bits per heavy atom. The number of hydrogen-bond donors (Lipinski definition) is 1. The summed E-state index contributed by atoms with van der Waals surface area (Å²) in [6.07, 6.45) is -4.63. The smallest absolute Gasteiger partial charge is 0.416 e. The maximum Gasteiger partial charge on any atom is 0.416 e. The lowest BCUT2D eigenvalue weighted by Crippen LogP contribution is -2.35. The van der Waals surface area contributed by atoms with Gasteiger partial charge < -0.3 is 9.84 Å². The van der Waals surface area contributed by atoms with Crippen molar-refractivity contribution in [3.63, 3.8) is 0 Å². The molecule has 10 heteroatoms. The molecule has 6 nitrogen and oxygen atoms in total. The van der Waals surface area contributed by atoms with Crippen LogP contribution in [0.25, 0.3) is 22.3 Å². The number of sulfonamides is 1. The minimum Gasteiger partial charge on any atom is -0.480 e. The average molecular weight is 618 g/mol. The highest BCUT2D eigenvalue weighted by Crippen LogP contribution is 2.35. The van der Waals surface area contributed by atoms with Crippen LogP contribution in [0.5, 0.6) is 11.5 Å². The third-order valence-corrected chi connectivity index (χ3v) is 8.61. The van der Waals surface area contributed by atoms with Gasteiger partial charge in [-0.25, -0.2) is 8.42 Å². The molecule has 0 fully saturated rings. The summed E-state index contributed by atoms with van der Waals surface area (Å²) in [7, 11) is -4.36. The first kappa shape index (κ1) is 30.5. The first-order valence-electron chi connectivity index (χ1n) is 13.4. The Balaban J connectivity index is 1.36. The Morgan fingerprint density at radius 1 is 0.727 bits per heavy atom. The highest BCUT2D eigenvalue weighted by molar-refractivity contribution is 7.89. The van der Waals surface area contributed by atoms with Crippen LogP contribution in [0.4, 0.5) is 13.2 Å². The van der Waals surface area contributed by atoms with Crippen molar-refractivity contribution in [1.82, 2.24) is 4.31 Å². The van der Waals surface area contributed by atoms with Crippen LogP contribution in [0.3, 0.4) is 0 Å². The highest BCUT2D eigenvalue weighted by atomic mass is 32.2. The number of ether oxygens (including phenoxy) is 1. The molecule has 0 radical (unpaired) electrons. The Bertz CT molecular complexity index is 1860. The van der Waals surface area contributed by atoms with Gasteiger partial charge in [0.15, 0.2) is 0 Å². The fraction of sp³-hybridized carbons (Fsp3) is 0.0882. The van der Waals surface area contributed by atoms with Crippen LogP contribution in [-0.4, -0.2) is 30.3 Å². The third kappa shape index (κ3) is 7.16. The fourth-order valence-electron chi connectivity index (χ4n) is 4.65. The largest absolute Gasteiger partial charge is 0.480 e. The van der Waals surface area contributed by atoms with Crippen LogP contribution >= 0.6 is 0 Å². The van der Waals surface area contributed by atoms with E-state index in [-0.39, 0.29) is 10.5 Å². The molecule has 0 amide bonds. The SMILES string of the molecule is O=C(O)CN(Cc1cccc(C(F)(F)F)c1)S(=O)(=O)c1ccc(-c2ccc(-c3ccccc3Oc3ccccc3)cc2)cc1. The van der Waals surface area contributed by atoms with Gasteiger partial charge in [-0.2, -0.15) is 17.5 Å². The predicted molar refractivity (Wildman–Crippen MR) is 161 cm³/mol. The number of alkyl halides is 3. The number of aliphatic carboxylic acids is 1. The van der Waals surface area contributed by atoms with Crippen LogP contribution in [0, 0.1) is 0 Å². The maximum atomic E-state index is 13.4. The second-order valence-corrected chi connectivity index (χ2v) is 11.8. The number of nitrogens with zero attached hydrogens (tertiary/aromatic N) is 1. The van der Waals surface area contributed by atoms with Crippen LogP contribution in [0.2, 0.25) is 0 Å². The molecule has 0 atom stereocenters. The van der Waals surface area contributed by atoms with Gasteiger partial charge in [-0.1, -0.05) is 91.0 Å². The van der Waals surface area contributed by atoms with Crippen molar-refractivity contribution < 1.29 is 36.2 Å². The van der Waals surface area contributed by atoms with Crippen molar-refractivity contribution in [2.24, 2.45) is 0 Å². The standard InChI is InChI=1S/C34H26F3NO5S/c35-34(36,37)28-8-6-7-24(21-28)22-38(23-33(39)40)44(41,42)30-19-17-26(18-20-30)25-13-15-27(16-14-25)31-11-4-5-12-32(31)43-29-9-2-1-3-10-29/h1-21H,22-23H2,(H,39,40). The van der Waals surface area contributed by atoms with Crippen molar-refractivity contribution in [2.45, 2.75) is 17.6 Å². The van der Waals surface area contributed by atoms with E-state index in [1.54, 1.807) is 12.1 Å². The maximum absolute atomic E-state index is 13.4. The minimum atomic E-state index is -4.63. The molecule has 0 heterocycles. The normalized spacial score (nSPS) is 11.8. The van der Waals surface area contributed by atoms with Gasteiger partial charge in [0.25, 0.3) is 0 Å². The number of hydrogen-bond acceptors (Lipinski definition) is 4. The molecule has 0 saturated carbocycles. The lowest BCUT2D eigenvalue weighted by Gasteiger charge is -2.21. The second-order valence-electron chi connectivity index (χ2n) is 9.88. The molecule has 0 saturated heterocycles. The van der Waals surface area contributed by atoms with Crippen LogP contribution in [0.1, 0.15) is 11.1 Å². The highest BCUT2D eigenvalue weighted by Gasteiger charge is 2.32. The Labute approximate surface area is 252 Å². The minimum absolute atomic E-state index is 0.0112. The number of rotatable bonds is 10. The van der Waals surface area contributed by atoms with E-state index in [1.807, 2.05) is 78.9 Å². The molecule has 5 rings (SSSR count). The predicted octanol–water partition coefficient (Wildman–Crippen LogP) is 8.11. The first-order valence-corrected chi connectivity index (χ1v) is 14.9. The molecule has 0 aliphatic heterocycles. The van der Waals surface area contributed by atoms with Crippen LogP contribution in [-0.2, 0) is 27.5 Å². The van der Waals surface area contributed by atoms with Crippen molar-refractivity contribution in [1.29, 1.82) is 0 Å². The first-order chi connectivity index (χ1) is 21.0. The lowest BCUT2D eigenvalue weighted by atomic mass is 10.00. The fourth-order valence-corrected chi connectivity index (χ4v) is 6.02. The summed E-state index contributed by atoms with van der Waals surface area (Å²) in [5.74, 6) is -0.0339. The zero-order valence-electron chi connectivity index (χ0n) is 23.1. The van der Waals surface area contributed by atoms with Crippen molar-refractivity contribution in [3.8, 4) is 33.8 Å². The molecule has 0 bridgehead atoms. The van der Waals surface area contributed by atoms with E-state index >= 15 is 0 Å². The second kappa shape index (κ2) is 12.7.